The molecule has 1 N–H and O–H groups in total. The number of carbonyl (C=O) groups excluding carboxylic acids is 1. The molecule has 0 aliphatic carbocycles. The molecule has 1 aromatic heterocycles. The maximum absolute atomic E-state index is 12.2. The first kappa shape index (κ1) is 13.8. The molecule has 5 heteroatoms. The summed E-state index contributed by atoms with van der Waals surface area (Å²) in [6, 6.07) is 4.17. The molecule has 0 unspecified atom stereocenters. The van der Waals surface area contributed by atoms with Crippen molar-refractivity contribution >= 4 is 29.7 Å². The highest BCUT2D eigenvalue weighted by Crippen LogP contribution is 2.27. The number of carbonyl (C=O) groups is 1. The minimum absolute atomic E-state index is 0. The summed E-state index contributed by atoms with van der Waals surface area (Å²) >= 11 is 1.74. The van der Waals surface area contributed by atoms with Gasteiger partial charge in [0.15, 0.2) is 0 Å². The molecule has 0 aromatic carbocycles. The number of fused-ring (bicyclic) bond motifs is 1. The molecule has 2 aliphatic heterocycles. The van der Waals surface area contributed by atoms with E-state index < -0.39 is 0 Å². The predicted octanol–water partition coefficient (Wildman–Crippen LogP) is 1.70. The van der Waals surface area contributed by atoms with Crippen LogP contribution in [0, 0.1) is 18.8 Å². The number of hydrogen-bond acceptors (Lipinski definition) is 3. The summed E-state index contributed by atoms with van der Waals surface area (Å²) in [7, 11) is 0. The van der Waals surface area contributed by atoms with Gasteiger partial charge in [0, 0.05) is 35.9 Å². The molecule has 3 heterocycles. The summed E-state index contributed by atoms with van der Waals surface area (Å²) < 4.78 is 0. The summed E-state index contributed by atoms with van der Waals surface area (Å²) in [5.41, 5.74) is 0. The van der Waals surface area contributed by atoms with Gasteiger partial charge in [-0.15, -0.1) is 23.7 Å². The lowest BCUT2D eigenvalue weighted by atomic mass is 10.0. The van der Waals surface area contributed by atoms with E-state index in [2.05, 4.69) is 29.3 Å². The average Bonchev–Trinajstić information content (AvgIpc) is 2.92. The fourth-order valence-electron chi connectivity index (χ4n) is 2.90. The normalized spacial score (nSPS) is 25.9. The molecule has 3 nitrogen and oxygen atoms in total. The van der Waals surface area contributed by atoms with Crippen molar-refractivity contribution in [3.63, 3.8) is 0 Å². The summed E-state index contributed by atoms with van der Waals surface area (Å²) in [6.45, 7) is 6.19. The second-order valence-electron chi connectivity index (χ2n) is 5.17. The van der Waals surface area contributed by atoms with Crippen molar-refractivity contribution < 1.29 is 4.79 Å². The number of halogens is 1. The quantitative estimate of drug-likeness (QED) is 0.897. The van der Waals surface area contributed by atoms with Crippen LogP contribution in [-0.2, 0) is 11.2 Å². The largest absolute Gasteiger partial charge is 0.342 e. The van der Waals surface area contributed by atoms with Crippen LogP contribution in [0.2, 0.25) is 0 Å². The molecule has 100 valence electrons. The zero-order valence-electron chi connectivity index (χ0n) is 10.5. The molecule has 0 radical (unpaired) electrons. The fraction of sp³-hybridized carbons (Fsp3) is 0.615. The van der Waals surface area contributed by atoms with Gasteiger partial charge in [0.05, 0.1) is 6.42 Å². The third-order valence-electron chi connectivity index (χ3n) is 3.86. The number of likely N-dealkylation sites (tertiary alicyclic amines) is 1. The van der Waals surface area contributed by atoms with Crippen LogP contribution in [0.4, 0.5) is 0 Å². The topological polar surface area (TPSA) is 32.3 Å². The van der Waals surface area contributed by atoms with Crippen molar-refractivity contribution in [2.24, 2.45) is 11.8 Å². The van der Waals surface area contributed by atoms with Crippen molar-refractivity contribution in [1.82, 2.24) is 10.2 Å². The van der Waals surface area contributed by atoms with E-state index in [1.807, 2.05) is 0 Å². The lowest BCUT2D eigenvalue weighted by Crippen LogP contribution is -2.32. The van der Waals surface area contributed by atoms with Crippen LogP contribution in [0.25, 0.3) is 0 Å². The van der Waals surface area contributed by atoms with E-state index in [4.69, 9.17) is 0 Å². The molecule has 3 rings (SSSR count). The van der Waals surface area contributed by atoms with Gasteiger partial charge in [-0.2, -0.15) is 0 Å². The standard InChI is InChI=1S/C13H18N2OS.ClH/c1-9-2-3-12(17-9)4-13(16)15-7-10-5-14-6-11(10)8-15;/h2-3,10-11,14H,4-8H2,1H3;1H/t10-,11+;. The highest BCUT2D eigenvalue weighted by atomic mass is 35.5. The first-order chi connectivity index (χ1) is 8.22. The molecule has 0 saturated carbocycles. The van der Waals surface area contributed by atoms with Gasteiger partial charge in [0.1, 0.15) is 0 Å². The number of aryl methyl sites for hydroxylation is 1. The Morgan fingerprint density at radius 1 is 1.39 bits per heavy atom. The Morgan fingerprint density at radius 2 is 2.06 bits per heavy atom. The number of hydrogen-bond donors (Lipinski definition) is 1. The lowest BCUT2D eigenvalue weighted by Gasteiger charge is -2.16. The number of amides is 1. The summed E-state index contributed by atoms with van der Waals surface area (Å²) in [6.07, 6.45) is 0.589. The van der Waals surface area contributed by atoms with Gasteiger partial charge in [-0.05, 0) is 30.9 Å². The predicted molar refractivity (Wildman–Crippen MR) is 76.4 cm³/mol. The van der Waals surface area contributed by atoms with E-state index >= 15 is 0 Å². The molecule has 0 spiro atoms. The van der Waals surface area contributed by atoms with Gasteiger partial charge in [-0.25, -0.2) is 0 Å². The Hall–Kier alpha value is -0.580. The number of nitrogens with one attached hydrogen (secondary N) is 1. The summed E-state index contributed by atoms with van der Waals surface area (Å²) in [5, 5.41) is 3.40. The Balaban J connectivity index is 0.00000120. The minimum atomic E-state index is 0. The van der Waals surface area contributed by atoms with Crippen LogP contribution in [0.5, 0.6) is 0 Å². The van der Waals surface area contributed by atoms with Crippen molar-refractivity contribution in [1.29, 1.82) is 0 Å². The maximum atomic E-state index is 12.2. The third-order valence-corrected chi connectivity index (χ3v) is 4.86. The first-order valence-electron chi connectivity index (χ1n) is 6.26. The van der Waals surface area contributed by atoms with Crippen molar-refractivity contribution in [2.45, 2.75) is 13.3 Å². The molecule has 1 aromatic rings. The number of nitrogens with zero attached hydrogens (tertiary/aromatic N) is 1. The smallest absolute Gasteiger partial charge is 0.227 e. The molecule has 1 amide bonds. The van der Waals surface area contributed by atoms with Gasteiger partial charge in [0.2, 0.25) is 5.91 Å². The Labute approximate surface area is 118 Å². The van der Waals surface area contributed by atoms with Gasteiger partial charge in [-0.1, -0.05) is 0 Å². The molecular formula is C13H19ClN2OS. The van der Waals surface area contributed by atoms with Crippen LogP contribution >= 0.6 is 23.7 Å². The fourth-order valence-corrected chi connectivity index (χ4v) is 3.78. The molecule has 2 saturated heterocycles. The zero-order chi connectivity index (χ0) is 11.8. The van der Waals surface area contributed by atoms with E-state index in [1.54, 1.807) is 11.3 Å². The highest BCUT2D eigenvalue weighted by molar-refractivity contribution is 7.12. The van der Waals surface area contributed by atoms with E-state index in [-0.39, 0.29) is 12.4 Å². The van der Waals surface area contributed by atoms with E-state index in [0.717, 1.165) is 26.2 Å². The third kappa shape index (κ3) is 2.71. The van der Waals surface area contributed by atoms with Crippen LogP contribution < -0.4 is 5.32 Å². The molecule has 2 fully saturated rings. The summed E-state index contributed by atoms with van der Waals surface area (Å²) in [5.74, 6) is 1.70. The van der Waals surface area contributed by atoms with Crippen molar-refractivity contribution in [3.8, 4) is 0 Å². The Kier molecular flexibility index (Phi) is 4.30. The zero-order valence-corrected chi connectivity index (χ0v) is 12.1. The monoisotopic (exact) mass is 286 g/mol. The van der Waals surface area contributed by atoms with Crippen molar-refractivity contribution in [3.05, 3.63) is 21.9 Å². The molecule has 2 aliphatic rings. The van der Waals surface area contributed by atoms with Gasteiger partial charge in [-0.3, -0.25) is 4.79 Å². The average molecular weight is 287 g/mol. The number of rotatable bonds is 2. The molecular weight excluding hydrogens is 268 g/mol. The molecule has 2 atom stereocenters. The number of thiophene rings is 1. The van der Waals surface area contributed by atoms with Crippen molar-refractivity contribution in [2.75, 3.05) is 26.2 Å². The summed E-state index contributed by atoms with van der Waals surface area (Å²) in [4.78, 5) is 16.7. The van der Waals surface area contributed by atoms with E-state index in [0.29, 0.717) is 24.2 Å². The van der Waals surface area contributed by atoms with Crippen LogP contribution in [-0.4, -0.2) is 37.0 Å². The Morgan fingerprint density at radius 3 is 2.61 bits per heavy atom. The second kappa shape index (κ2) is 5.59. The molecule has 18 heavy (non-hydrogen) atoms. The maximum Gasteiger partial charge on any atom is 0.227 e. The minimum Gasteiger partial charge on any atom is -0.342 e. The highest BCUT2D eigenvalue weighted by Gasteiger charge is 2.37. The first-order valence-corrected chi connectivity index (χ1v) is 7.08. The van der Waals surface area contributed by atoms with Gasteiger partial charge in [0.25, 0.3) is 0 Å². The molecule has 0 bridgehead atoms. The lowest BCUT2D eigenvalue weighted by molar-refractivity contribution is -0.129. The Bertz CT molecular complexity index is 422. The van der Waals surface area contributed by atoms with Crippen LogP contribution in [0.3, 0.4) is 0 Å². The van der Waals surface area contributed by atoms with Crippen LogP contribution in [0.1, 0.15) is 9.75 Å². The van der Waals surface area contributed by atoms with E-state index in [1.165, 1.54) is 9.75 Å². The SMILES string of the molecule is Cc1ccc(CC(=O)N2C[C@H]3CNC[C@H]3C2)s1.Cl. The van der Waals surface area contributed by atoms with Crippen LogP contribution in [0.15, 0.2) is 12.1 Å². The van der Waals surface area contributed by atoms with Gasteiger partial charge < -0.3 is 10.2 Å². The van der Waals surface area contributed by atoms with Gasteiger partial charge >= 0.3 is 0 Å². The van der Waals surface area contributed by atoms with E-state index in [9.17, 15) is 4.79 Å². The second-order valence-corrected chi connectivity index (χ2v) is 6.54.